The van der Waals surface area contributed by atoms with Crippen LogP contribution in [0.1, 0.15) is 78.1 Å². The number of nitrogens with one attached hydrogen (secondary N) is 1. The molecule has 0 aromatic rings. The number of rotatable bonds is 10. The van der Waals surface area contributed by atoms with Crippen LogP contribution in [0.15, 0.2) is 0 Å². The SMILES string of the molecule is CCCCCCCC(NN)C1(OCC)CCCC1. The molecule has 0 saturated heterocycles. The molecule has 3 N–H and O–H groups in total. The zero-order valence-electron chi connectivity index (χ0n) is 12.3. The van der Waals surface area contributed by atoms with Gasteiger partial charge < -0.3 is 4.74 Å². The van der Waals surface area contributed by atoms with E-state index < -0.39 is 0 Å². The van der Waals surface area contributed by atoms with Gasteiger partial charge in [-0.2, -0.15) is 0 Å². The van der Waals surface area contributed by atoms with Gasteiger partial charge in [0.15, 0.2) is 0 Å². The van der Waals surface area contributed by atoms with E-state index in [1.807, 2.05) is 0 Å². The Bertz CT molecular complexity index is 203. The van der Waals surface area contributed by atoms with Gasteiger partial charge in [0.25, 0.3) is 0 Å². The Kier molecular flexibility index (Phi) is 7.87. The summed E-state index contributed by atoms with van der Waals surface area (Å²) in [7, 11) is 0. The third kappa shape index (κ3) is 4.52. The van der Waals surface area contributed by atoms with Gasteiger partial charge in [-0.05, 0) is 26.2 Å². The van der Waals surface area contributed by atoms with Crippen LogP contribution in [-0.4, -0.2) is 18.2 Å². The highest BCUT2D eigenvalue weighted by Crippen LogP contribution is 2.37. The van der Waals surface area contributed by atoms with Crippen molar-refractivity contribution in [2.24, 2.45) is 5.84 Å². The number of unbranched alkanes of at least 4 members (excludes halogenated alkanes) is 4. The van der Waals surface area contributed by atoms with E-state index in [4.69, 9.17) is 10.6 Å². The molecule has 1 aliphatic carbocycles. The van der Waals surface area contributed by atoms with Gasteiger partial charge in [0.05, 0.1) is 11.6 Å². The lowest BCUT2D eigenvalue weighted by Gasteiger charge is -2.37. The van der Waals surface area contributed by atoms with E-state index in [0.29, 0.717) is 6.04 Å². The van der Waals surface area contributed by atoms with Crippen LogP contribution in [0.25, 0.3) is 0 Å². The Morgan fingerprint density at radius 1 is 1.11 bits per heavy atom. The summed E-state index contributed by atoms with van der Waals surface area (Å²) in [4.78, 5) is 0. The van der Waals surface area contributed by atoms with E-state index >= 15 is 0 Å². The Balaban J connectivity index is 2.37. The Morgan fingerprint density at radius 3 is 2.33 bits per heavy atom. The van der Waals surface area contributed by atoms with E-state index in [2.05, 4.69) is 19.3 Å². The minimum atomic E-state index is 0.0221. The molecule has 3 heteroatoms. The Morgan fingerprint density at radius 2 is 1.78 bits per heavy atom. The van der Waals surface area contributed by atoms with Crippen LogP contribution < -0.4 is 11.3 Å². The van der Waals surface area contributed by atoms with Crippen LogP contribution >= 0.6 is 0 Å². The van der Waals surface area contributed by atoms with Gasteiger partial charge in [0.1, 0.15) is 0 Å². The Hall–Kier alpha value is -0.120. The molecule has 0 spiro atoms. The van der Waals surface area contributed by atoms with Crippen molar-refractivity contribution in [2.75, 3.05) is 6.61 Å². The fourth-order valence-corrected chi connectivity index (χ4v) is 3.30. The second kappa shape index (κ2) is 8.89. The third-order valence-electron chi connectivity index (χ3n) is 4.31. The van der Waals surface area contributed by atoms with Gasteiger partial charge in [-0.15, -0.1) is 0 Å². The molecular weight excluding hydrogens is 224 g/mol. The van der Waals surface area contributed by atoms with Gasteiger partial charge >= 0.3 is 0 Å². The lowest BCUT2D eigenvalue weighted by Crippen LogP contribution is -2.53. The first-order valence-electron chi connectivity index (χ1n) is 7.89. The van der Waals surface area contributed by atoms with E-state index in [1.165, 1.54) is 57.8 Å². The number of ether oxygens (including phenoxy) is 1. The summed E-state index contributed by atoms with van der Waals surface area (Å²) in [5, 5.41) is 0. The van der Waals surface area contributed by atoms with E-state index in [9.17, 15) is 0 Å². The highest BCUT2D eigenvalue weighted by Gasteiger charge is 2.41. The molecule has 108 valence electrons. The zero-order chi connectivity index (χ0) is 13.3. The van der Waals surface area contributed by atoms with Crippen molar-refractivity contribution in [3.05, 3.63) is 0 Å². The van der Waals surface area contributed by atoms with Crippen LogP contribution in [0.4, 0.5) is 0 Å². The van der Waals surface area contributed by atoms with Crippen molar-refractivity contribution in [2.45, 2.75) is 89.7 Å². The van der Waals surface area contributed by atoms with Crippen LogP contribution in [0, 0.1) is 0 Å². The largest absolute Gasteiger partial charge is 0.374 e. The molecule has 1 rings (SSSR count). The second-order valence-corrected chi connectivity index (χ2v) is 5.63. The molecule has 0 heterocycles. The van der Waals surface area contributed by atoms with Gasteiger partial charge in [0.2, 0.25) is 0 Å². The van der Waals surface area contributed by atoms with Gasteiger partial charge in [-0.25, -0.2) is 0 Å². The van der Waals surface area contributed by atoms with Crippen molar-refractivity contribution in [1.29, 1.82) is 0 Å². The molecule has 1 unspecified atom stereocenters. The van der Waals surface area contributed by atoms with Crippen molar-refractivity contribution >= 4 is 0 Å². The predicted molar refractivity (Wildman–Crippen MR) is 77.3 cm³/mol. The van der Waals surface area contributed by atoms with Crippen LogP contribution in [-0.2, 0) is 4.74 Å². The lowest BCUT2D eigenvalue weighted by molar-refractivity contribution is -0.0637. The van der Waals surface area contributed by atoms with Crippen LogP contribution in [0.5, 0.6) is 0 Å². The van der Waals surface area contributed by atoms with Crippen molar-refractivity contribution < 1.29 is 4.74 Å². The number of hydrogen-bond acceptors (Lipinski definition) is 3. The third-order valence-corrected chi connectivity index (χ3v) is 4.31. The molecule has 0 aliphatic heterocycles. The topological polar surface area (TPSA) is 47.3 Å². The maximum absolute atomic E-state index is 6.08. The summed E-state index contributed by atoms with van der Waals surface area (Å²) in [6.07, 6.45) is 12.7. The van der Waals surface area contributed by atoms with Gasteiger partial charge in [-0.1, -0.05) is 51.9 Å². The first kappa shape index (κ1) is 15.9. The summed E-state index contributed by atoms with van der Waals surface area (Å²) < 4.78 is 6.08. The molecule has 0 radical (unpaired) electrons. The molecule has 1 fully saturated rings. The second-order valence-electron chi connectivity index (χ2n) is 5.63. The van der Waals surface area contributed by atoms with Crippen LogP contribution in [0.3, 0.4) is 0 Å². The number of hydrazine groups is 1. The fourth-order valence-electron chi connectivity index (χ4n) is 3.30. The van der Waals surface area contributed by atoms with Crippen molar-refractivity contribution in [3.8, 4) is 0 Å². The van der Waals surface area contributed by atoms with Gasteiger partial charge in [-0.3, -0.25) is 11.3 Å². The maximum Gasteiger partial charge on any atom is 0.0848 e. The summed E-state index contributed by atoms with van der Waals surface area (Å²) >= 11 is 0. The highest BCUT2D eigenvalue weighted by molar-refractivity contribution is 4.96. The lowest BCUT2D eigenvalue weighted by atomic mass is 9.88. The molecular formula is C15H32N2O. The predicted octanol–water partition coefficient (Wildman–Crippen LogP) is 3.53. The molecule has 0 bridgehead atoms. The standard InChI is InChI=1S/C15H32N2O/c1-3-5-6-7-8-11-14(17-16)15(18-4-2)12-9-10-13-15/h14,17H,3-13,16H2,1-2H3. The summed E-state index contributed by atoms with van der Waals surface area (Å²) in [5.74, 6) is 5.78. The average Bonchev–Trinajstić information content (AvgIpc) is 2.84. The molecule has 1 saturated carbocycles. The minimum absolute atomic E-state index is 0.0221. The zero-order valence-corrected chi connectivity index (χ0v) is 12.3. The average molecular weight is 256 g/mol. The quantitative estimate of drug-likeness (QED) is 0.357. The van der Waals surface area contributed by atoms with E-state index in [-0.39, 0.29) is 5.60 Å². The summed E-state index contributed by atoms with van der Waals surface area (Å²) in [6, 6.07) is 0.335. The van der Waals surface area contributed by atoms with Crippen molar-refractivity contribution in [1.82, 2.24) is 5.43 Å². The van der Waals surface area contributed by atoms with Gasteiger partial charge in [0, 0.05) is 6.61 Å². The molecule has 1 atom stereocenters. The number of hydrogen-bond donors (Lipinski definition) is 2. The smallest absolute Gasteiger partial charge is 0.0848 e. The van der Waals surface area contributed by atoms with Crippen LogP contribution in [0.2, 0.25) is 0 Å². The van der Waals surface area contributed by atoms with E-state index in [0.717, 1.165) is 13.0 Å². The van der Waals surface area contributed by atoms with Crippen molar-refractivity contribution in [3.63, 3.8) is 0 Å². The number of nitrogens with two attached hydrogens (primary N) is 1. The molecule has 0 amide bonds. The summed E-state index contributed by atoms with van der Waals surface area (Å²) in [6.45, 7) is 5.15. The first-order valence-corrected chi connectivity index (χ1v) is 7.89. The van der Waals surface area contributed by atoms with E-state index in [1.54, 1.807) is 0 Å². The maximum atomic E-state index is 6.08. The minimum Gasteiger partial charge on any atom is -0.374 e. The molecule has 0 aromatic heterocycles. The first-order chi connectivity index (χ1) is 8.79. The molecule has 0 aromatic carbocycles. The Labute approximate surface area is 113 Å². The normalized spacial score (nSPS) is 20.2. The molecule has 18 heavy (non-hydrogen) atoms. The fraction of sp³-hybridized carbons (Fsp3) is 1.00. The monoisotopic (exact) mass is 256 g/mol. The summed E-state index contributed by atoms with van der Waals surface area (Å²) in [5.41, 5.74) is 3.06. The molecule has 1 aliphatic rings. The highest BCUT2D eigenvalue weighted by atomic mass is 16.5. The molecule has 3 nitrogen and oxygen atoms in total.